The first-order valence-electron chi connectivity index (χ1n) is 31.3. The molecule has 2 aliphatic carbocycles. The van der Waals surface area contributed by atoms with Gasteiger partial charge in [-0.15, -0.1) is 0 Å². The lowest BCUT2D eigenvalue weighted by molar-refractivity contribution is -0.0717. The van der Waals surface area contributed by atoms with Gasteiger partial charge < -0.3 is 33.5 Å². The molecule has 4 aliphatic rings. The average molecular weight is 1160 g/mol. The summed E-state index contributed by atoms with van der Waals surface area (Å²) in [4.78, 5) is 0. The number of aliphatic hydroxyl groups excluding tert-OH is 1. The van der Waals surface area contributed by atoms with Crippen LogP contribution in [0.3, 0.4) is 0 Å². The van der Waals surface area contributed by atoms with E-state index in [4.69, 9.17) is 28.4 Å². The monoisotopic (exact) mass is 1160 g/mol. The number of fused-ring (bicyclic) bond motifs is 2. The highest BCUT2D eigenvalue weighted by molar-refractivity contribution is 5.68. The van der Waals surface area contributed by atoms with E-state index in [0.717, 1.165) is 42.9 Å². The summed E-state index contributed by atoms with van der Waals surface area (Å²) in [5.41, 5.74) is 17.6. The first-order chi connectivity index (χ1) is 42.9. The number of rotatable bonds is 22. The molecule has 7 unspecified atom stereocenters. The Balaban J connectivity index is 0.688. The fourth-order valence-corrected chi connectivity index (χ4v) is 14.0. The first-order valence-corrected chi connectivity index (χ1v) is 31.3. The molecule has 2 fully saturated rings. The van der Waals surface area contributed by atoms with Crippen molar-refractivity contribution in [3.05, 3.63) is 322 Å². The number of hydrogen-bond donors (Lipinski definition) is 1. The van der Waals surface area contributed by atoms with Crippen LogP contribution >= 0.6 is 0 Å². The molecule has 0 bridgehead atoms. The van der Waals surface area contributed by atoms with Crippen molar-refractivity contribution in [1.82, 2.24) is 0 Å². The van der Waals surface area contributed by atoms with E-state index in [1.54, 1.807) is 0 Å². The molecule has 7 heteroatoms. The molecule has 0 radical (unpaired) electrons. The number of benzene rings is 10. The van der Waals surface area contributed by atoms with Crippen LogP contribution < -0.4 is 9.47 Å². The second-order valence-corrected chi connectivity index (χ2v) is 25.5. The predicted molar refractivity (Wildman–Crippen MR) is 350 cm³/mol. The maximum absolute atomic E-state index is 11.5. The fraction of sp³-hybridized carbons (Fsp3) is 0.259. The van der Waals surface area contributed by atoms with E-state index in [1.165, 1.54) is 77.9 Å². The summed E-state index contributed by atoms with van der Waals surface area (Å²) < 4.78 is 36.5. The minimum absolute atomic E-state index is 0.0752. The Hall–Kier alpha value is -8.40. The van der Waals surface area contributed by atoms with Gasteiger partial charge in [0, 0.05) is 22.7 Å². The third-order valence-electron chi connectivity index (χ3n) is 19.2. The van der Waals surface area contributed by atoms with Crippen LogP contribution in [0.2, 0.25) is 0 Å². The van der Waals surface area contributed by atoms with Gasteiger partial charge in [-0.05, 0) is 154 Å². The maximum Gasteiger partial charge on any atom is 0.119 e. The standard InChI is InChI=1S/C81H76O7/c1-78(2,61-31-35-63(36-32-61)81(66-41-45-69(46-42-66)84-51-70-52-85-70)48-75(73-20-12-14-22-77(73)81)60-29-25-58(26-30-60)56-17-9-6-10-18-56)87-50-67(82)49-83-68-43-39-65(40-44-68)80(64-37-33-62(34-38-64)79(3,4)88-54-71-53-86-71)47-74(72-19-11-13-21-76(72)80)59-27-23-57(24-28-59)55-15-7-5-8-16-55/h5-46,67,70-71,74-75,82H,47-54H2,1-4H3. The van der Waals surface area contributed by atoms with E-state index in [1.807, 2.05) is 0 Å². The minimum atomic E-state index is -0.871. The first kappa shape index (κ1) is 57.4. The summed E-state index contributed by atoms with van der Waals surface area (Å²) in [6, 6.07) is 92.7. The highest BCUT2D eigenvalue weighted by atomic mass is 16.6. The third-order valence-corrected chi connectivity index (χ3v) is 19.2. The predicted octanol–water partition coefficient (Wildman–Crippen LogP) is 16.9. The molecule has 88 heavy (non-hydrogen) atoms. The molecule has 2 heterocycles. The Morgan fingerprint density at radius 3 is 1.19 bits per heavy atom. The lowest BCUT2D eigenvalue weighted by atomic mass is 9.69. The Morgan fingerprint density at radius 2 is 0.761 bits per heavy atom. The lowest BCUT2D eigenvalue weighted by Gasteiger charge is -2.34. The van der Waals surface area contributed by atoms with Gasteiger partial charge in [-0.3, -0.25) is 0 Å². The van der Waals surface area contributed by atoms with Gasteiger partial charge in [0.05, 0.1) is 37.6 Å². The third kappa shape index (κ3) is 11.4. The Morgan fingerprint density at radius 1 is 0.398 bits per heavy atom. The fourth-order valence-electron chi connectivity index (χ4n) is 14.0. The smallest absolute Gasteiger partial charge is 0.119 e. The van der Waals surface area contributed by atoms with Gasteiger partial charge in [0.2, 0.25) is 0 Å². The molecular formula is C81H76O7. The zero-order valence-electron chi connectivity index (χ0n) is 50.7. The maximum atomic E-state index is 11.5. The Bertz CT molecular complexity index is 3990. The lowest BCUT2D eigenvalue weighted by Crippen LogP contribution is -2.31. The van der Waals surface area contributed by atoms with Crippen LogP contribution in [0.4, 0.5) is 0 Å². The molecule has 0 saturated carbocycles. The van der Waals surface area contributed by atoms with Crippen molar-refractivity contribution in [3.63, 3.8) is 0 Å². The van der Waals surface area contributed by atoms with Crippen LogP contribution in [0.1, 0.15) is 119 Å². The second-order valence-electron chi connectivity index (χ2n) is 25.5. The van der Waals surface area contributed by atoms with Gasteiger partial charge in [-0.1, -0.05) is 231 Å². The minimum Gasteiger partial charge on any atom is -0.491 e. The van der Waals surface area contributed by atoms with Crippen molar-refractivity contribution in [2.24, 2.45) is 0 Å². The van der Waals surface area contributed by atoms with Crippen LogP contribution in [0.25, 0.3) is 22.3 Å². The van der Waals surface area contributed by atoms with Crippen molar-refractivity contribution >= 4 is 0 Å². The number of hydrogen-bond acceptors (Lipinski definition) is 7. The van der Waals surface area contributed by atoms with Crippen LogP contribution in [0, 0.1) is 0 Å². The van der Waals surface area contributed by atoms with Gasteiger partial charge >= 0.3 is 0 Å². The average Bonchev–Trinajstić information content (AvgIpc) is 1.92. The summed E-state index contributed by atoms with van der Waals surface area (Å²) in [5, 5.41) is 11.5. The summed E-state index contributed by atoms with van der Waals surface area (Å²) in [6.45, 7) is 11.2. The number of ether oxygens (including phenoxy) is 6. The van der Waals surface area contributed by atoms with Gasteiger partial charge in [0.1, 0.15) is 43.0 Å². The van der Waals surface area contributed by atoms with Crippen molar-refractivity contribution < 1.29 is 33.5 Å². The molecule has 442 valence electrons. The molecular weight excluding hydrogens is 1080 g/mol. The molecule has 10 aromatic rings. The van der Waals surface area contributed by atoms with Crippen LogP contribution in [0.5, 0.6) is 11.5 Å². The number of epoxide rings is 2. The summed E-state index contributed by atoms with van der Waals surface area (Å²) in [5.74, 6) is 1.86. The Labute approximate surface area is 518 Å². The zero-order chi connectivity index (χ0) is 59.9. The molecule has 14 rings (SSSR count). The quantitative estimate of drug-likeness (QED) is 0.0677. The molecule has 10 aromatic carbocycles. The zero-order valence-corrected chi connectivity index (χ0v) is 50.7. The normalized spacial score (nSPS) is 21.3. The summed E-state index contributed by atoms with van der Waals surface area (Å²) in [7, 11) is 0. The van der Waals surface area contributed by atoms with Gasteiger partial charge in [-0.25, -0.2) is 0 Å². The highest BCUT2D eigenvalue weighted by Crippen LogP contribution is 2.58. The molecule has 0 spiro atoms. The van der Waals surface area contributed by atoms with E-state index in [0.29, 0.717) is 19.0 Å². The molecule has 2 saturated heterocycles. The van der Waals surface area contributed by atoms with E-state index >= 15 is 0 Å². The SMILES string of the molecule is CC(C)(OCC(O)COc1ccc(C2(c3ccc(C(C)(C)OCC4CO4)cc3)CC(c3ccc(-c4ccccc4)cc3)c3ccccc32)cc1)c1ccc(C2(c3ccc(OCC4CO4)cc3)CC(c3ccc(-c4ccccc4)cc3)c3ccccc32)cc1. The Kier molecular flexibility index (Phi) is 15.6. The van der Waals surface area contributed by atoms with E-state index in [-0.39, 0.29) is 37.3 Å². The van der Waals surface area contributed by atoms with E-state index in [9.17, 15) is 5.11 Å². The molecule has 1 N–H and O–H groups in total. The van der Waals surface area contributed by atoms with Crippen LogP contribution in [-0.2, 0) is 41.0 Å². The summed E-state index contributed by atoms with van der Waals surface area (Å²) >= 11 is 0. The van der Waals surface area contributed by atoms with Gasteiger partial charge in [-0.2, -0.15) is 0 Å². The van der Waals surface area contributed by atoms with Crippen molar-refractivity contribution in [3.8, 4) is 33.8 Å². The molecule has 0 aromatic heterocycles. The molecule has 0 amide bonds. The van der Waals surface area contributed by atoms with Gasteiger partial charge in [0.15, 0.2) is 0 Å². The molecule has 7 atom stereocenters. The van der Waals surface area contributed by atoms with E-state index < -0.39 is 28.1 Å². The summed E-state index contributed by atoms with van der Waals surface area (Å²) in [6.07, 6.45) is 1.21. The highest BCUT2D eigenvalue weighted by Gasteiger charge is 2.49. The topological polar surface area (TPSA) is 82.2 Å². The van der Waals surface area contributed by atoms with Crippen molar-refractivity contribution in [2.75, 3.05) is 39.6 Å². The van der Waals surface area contributed by atoms with Crippen molar-refractivity contribution in [1.29, 1.82) is 0 Å². The largest absolute Gasteiger partial charge is 0.491 e. The molecule has 2 aliphatic heterocycles. The number of aliphatic hydroxyl groups is 1. The second kappa shape index (κ2) is 23.9. The molecule has 7 nitrogen and oxygen atoms in total. The van der Waals surface area contributed by atoms with Crippen LogP contribution in [-0.4, -0.2) is 63.1 Å². The van der Waals surface area contributed by atoms with Gasteiger partial charge in [0.25, 0.3) is 0 Å². The van der Waals surface area contributed by atoms with Crippen molar-refractivity contribution in [2.45, 2.75) is 92.7 Å². The van der Waals surface area contributed by atoms with Crippen LogP contribution in [0.15, 0.2) is 255 Å². The van der Waals surface area contributed by atoms with E-state index in [2.05, 4.69) is 282 Å².